The molecule has 3 aromatic carbocycles. The zero-order valence-corrected chi connectivity index (χ0v) is 24.7. The fourth-order valence-electron chi connectivity index (χ4n) is 5.40. The molecule has 0 spiro atoms. The Hall–Kier alpha value is -4.47. The van der Waals surface area contributed by atoms with E-state index in [2.05, 4.69) is 4.99 Å². The fraction of sp³-hybridized carbons (Fsp3) is 0.188. The summed E-state index contributed by atoms with van der Waals surface area (Å²) in [5, 5.41) is 0.553. The van der Waals surface area contributed by atoms with Crippen LogP contribution in [0, 0.1) is 0 Å². The van der Waals surface area contributed by atoms with E-state index in [9.17, 15) is 14.4 Å². The highest BCUT2D eigenvalue weighted by molar-refractivity contribution is 7.07. The molecule has 0 saturated heterocycles. The summed E-state index contributed by atoms with van der Waals surface area (Å²) in [6, 6.07) is 21.1. The molecule has 0 bridgehead atoms. The summed E-state index contributed by atoms with van der Waals surface area (Å²) in [5.41, 5.74) is 3.43. The van der Waals surface area contributed by atoms with Crippen molar-refractivity contribution >= 4 is 46.1 Å². The molecule has 3 heterocycles. The molecule has 0 fully saturated rings. The summed E-state index contributed by atoms with van der Waals surface area (Å²) in [4.78, 5) is 48.3. The number of amides is 1. The Morgan fingerprint density at radius 3 is 2.45 bits per heavy atom. The Kier molecular flexibility index (Phi) is 7.30. The van der Waals surface area contributed by atoms with Crippen molar-refractivity contribution in [1.82, 2.24) is 4.57 Å². The molecule has 0 aliphatic carbocycles. The third-order valence-electron chi connectivity index (χ3n) is 7.36. The highest BCUT2D eigenvalue weighted by atomic mass is 35.5. The lowest BCUT2D eigenvalue weighted by molar-refractivity contribution is -0.139. The van der Waals surface area contributed by atoms with E-state index in [1.165, 1.54) is 4.57 Å². The van der Waals surface area contributed by atoms with Crippen molar-refractivity contribution in [3.63, 3.8) is 0 Å². The summed E-state index contributed by atoms with van der Waals surface area (Å²) in [5.74, 6) is -0.215. The predicted molar refractivity (Wildman–Crippen MR) is 161 cm³/mol. The highest BCUT2D eigenvalue weighted by Gasteiger charge is 2.37. The van der Waals surface area contributed by atoms with Crippen LogP contribution in [0.2, 0.25) is 5.02 Å². The summed E-state index contributed by atoms with van der Waals surface area (Å²) in [7, 11) is 1.57. The zero-order valence-electron chi connectivity index (χ0n) is 23.1. The molecule has 2 aliphatic rings. The van der Waals surface area contributed by atoms with Crippen LogP contribution in [0.5, 0.6) is 5.75 Å². The maximum atomic E-state index is 14.3. The van der Waals surface area contributed by atoms with Crippen molar-refractivity contribution in [2.75, 3.05) is 18.6 Å². The standard InChI is InChI=1S/C32H26ClN3O5S/c1-4-41-31(39)25-18(2)34-32-36(27(25)19-13-15-21(40-3)16-14-19)30(38)28(42-32)26-22-10-6-8-12-24(22)35(29(26)37)17-20-9-5-7-11-23(20)33/h5-16,27H,4,17H2,1-3H3/b28-26+/t27-/m0/s1. The van der Waals surface area contributed by atoms with Gasteiger partial charge >= 0.3 is 5.97 Å². The molecule has 10 heteroatoms. The summed E-state index contributed by atoms with van der Waals surface area (Å²) < 4.78 is 12.4. The number of ether oxygens (including phenoxy) is 2. The Bertz CT molecular complexity index is 1960. The van der Waals surface area contributed by atoms with Crippen LogP contribution in [0.4, 0.5) is 5.69 Å². The van der Waals surface area contributed by atoms with Gasteiger partial charge in [-0.2, -0.15) is 0 Å². The minimum Gasteiger partial charge on any atom is -0.497 e. The number of carbonyl (C=O) groups excluding carboxylic acids is 2. The van der Waals surface area contributed by atoms with Crippen molar-refractivity contribution in [3.8, 4) is 5.75 Å². The second-order valence-corrected chi connectivity index (χ2v) is 11.2. The first-order chi connectivity index (χ1) is 20.3. The van der Waals surface area contributed by atoms with Gasteiger partial charge in [0.1, 0.15) is 10.3 Å². The summed E-state index contributed by atoms with van der Waals surface area (Å²) in [6.07, 6.45) is 0. The van der Waals surface area contributed by atoms with Crippen LogP contribution >= 0.6 is 22.9 Å². The molecule has 0 radical (unpaired) electrons. The SMILES string of the molecule is CCOC(=O)C1=C(C)N=c2s/c(=C3/C(=O)N(Cc4ccccc4Cl)c4ccccc43)c(=O)n2[C@H]1c1ccc(OC)cc1. The number of para-hydroxylation sites is 1. The van der Waals surface area contributed by atoms with Crippen LogP contribution in [0.25, 0.3) is 5.57 Å². The summed E-state index contributed by atoms with van der Waals surface area (Å²) in [6.45, 7) is 3.87. The van der Waals surface area contributed by atoms with Gasteiger partial charge in [-0.1, -0.05) is 71.5 Å². The number of halogens is 1. The van der Waals surface area contributed by atoms with Gasteiger partial charge in [0.2, 0.25) is 0 Å². The quantitative estimate of drug-likeness (QED) is 0.307. The van der Waals surface area contributed by atoms with Crippen LogP contribution in [-0.4, -0.2) is 30.2 Å². The van der Waals surface area contributed by atoms with Crippen molar-refractivity contribution in [2.45, 2.75) is 26.4 Å². The molecular weight excluding hydrogens is 574 g/mol. The maximum Gasteiger partial charge on any atom is 0.338 e. The summed E-state index contributed by atoms with van der Waals surface area (Å²) >= 11 is 7.57. The normalized spacial score (nSPS) is 17.1. The molecular formula is C32H26ClN3O5S. The number of fused-ring (bicyclic) bond motifs is 2. The van der Waals surface area contributed by atoms with Gasteiger partial charge in [0.05, 0.1) is 48.8 Å². The highest BCUT2D eigenvalue weighted by Crippen LogP contribution is 2.37. The molecule has 6 rings (SSSR count). The number of aromatic nitrogens is 1. The third kappa shape index (κ3) is 4.55. The molecule has 1 atom stereocenters. The number of benzene rings is 3. The average molecular weight is 600 g/mol. The zero-order chi connectivity index (χ0) is 29.5. The van der Waals surface area contributed by atoms with Gasteiger partial charge in [-0.05, 0) is 49.2 Å². The van der Waals surface area contributed by atoms with Gasteiger partial charge in [0, 0.05) is 10.6 Å². The van der Waals surface area contributed by atoms with E-state index in [1.807, 2.05) is 54.6 Å². The van der Waals surface area contributed by atoms with Crippen molar-refractivity contribution in [3.05, 3.63) is 125 Å². The van der Waals surface area contributed by atoms with Crippen LogP contribution in [0.1, 0.15) is 36.6 Å². The largest absolute Gasteiger partial charge is 0.497 e. The number of nitrogens with zero attached hydrogens (tertiary/aromatic N) is 3. The number of anilines is 1. The molecule has 4 aromatic rings. The average Bonchev–Trinajstić information content (AvgIpc) is 3.45. The molecule has 2 aliphatic heterocycles. The lowest BCUT2D eigenvalue weighted by Gasteiger charge is -2.24. The lowest BCUT2D eigenvalue weighted by Crippen LogP contribution is -2.41. The van der Waals surface area contributed by atoms with E-state index in [1.54, 1.807) is 44.1 Å². The van der Waals surface area contributed by atoms with Gasteiger partial charge < -0.3 is 14.4 Å². The smallest absolute Gasteiger partial charge is 0.338 e. The van der Waals surface area contributed by atoms with E-state index in [0.717, 1.165) is 16.9 Å². The first kappa shape index (κ1) is 27.7. The Morgan fingerprint density at radius 1 is 1.02 bits per heavy atom. The number of thiazole rings is 1. The number of esters is 1. The van der Waals surface area contributed by atoms with Crippen LogP contribution in [0.3, 0.4) is 0 Å². The number of hydrogen-bond donors (Lipinski definition) is 0. The molecule has 212 valence electrons. The van der Waals surface area contributed by atoms with Gasteiger partial charge in [-0.15, -0.1) is 0 Å². The molecule has 1 amide bonds. The van der Waals surface area contributed by atoms with Gasteiger partial charge in [0.15, 0.2) is 4.80 Å². The van der Waals surface area contributed by atoms with Crippen molar-refractivity contribution in [1.29, 1.82) is 0 Å². The molecule has 0 N–H and O–H groups in total. The first-order valence-electron chi connectivity index (χ1n) is 13.3. The van der Waals surface area contributed by atoms with E-state index < -0.39 is 17.6 Å². The molecule has 42 heavy (non-hydrogen) atoms. The minimum absolute atomic E-state index is 0.173. The minimum atomic E-state index is -0.800. The first-order valence-corrected chi connectivity index (χ1v) is 14.5. The number of carbonyl (C=O) groups is 2. The van der Waals surface area contributed by atoms with Crippen LogP contribution in [0.15, 0.2) is 93.9 Å². The number of hydrogen-bond acceptors (Lipinski definition) is 7. The second-order valence-electron chi connectivity index (χ2n) is 9.77. The third-order valence-corrected chi connectivity index (χ3v) is 8.78. The number of rotatable bonds is 6. The molecule has 0 unspecified atom stereocenters. The van der Waals surface area contributed by atoms with E-state index in [4.69, 9.17) is 21.1 Å². The van der Waals surface area contributed by atoms with E-state index >= 15 is 0 Å². The van der Waals surface area contributed by atoms with E-state index in [-0.39, 0.29) is 29.2 Å². The Morgan fingerprint density at radius 2 is 1.74 bits per heavy atom. The molecule has 1 aromatic heterocycles. The second kappa shape index (κ2) is 11.1. The topological polar surface area (TPSA) is 90.2 Å². The Balaban J connectivity index is 1.57. The lowest BCUT2D eigenvalue weighted by atomic mass is 9.96. The van der Waals surface area contributed by atoms with Crippen molar-refractivity contribution < 1.29 is 19.1 Å². The number of allylic oxidation sites excluding steroid dienone is 1. The van der Waals surface area contributed by atoms with Gasteiger partial charge in [-0.3, -0.25) is 14.2 Å². The van der Waals surface area contributed by atoms with E-state index in [0.29, 0.717) is 43.7 Å². The Labute approximate surface area is 250 Å². The van der Waals surface area contributed by atoms with Crippen LogP contribution < -0.4 is 24.5 Å². The van der Waals surface area contributed by atoms with Gasteiger partial charge in [-0.25, -0.2) is 9.79 Å². The predicted octanol–water partition coefficient (Wildman–Crippen LogP) is 4.38. The van der Waals surface area contributed by atoms with Crippen LogP contribution in [-0.2, 0) is 20.9 Å². The van der Waals surface area contributed by atoms with Gasteiger partial charge in [0.25, 0.3) is 11.5 Å². The molecule has 8 nitrogen and oxygen atoms in total. The molecule has 0 saturated carbocycles. The maximum absolute atomic E-state index is 14.3. The number of methoxy groups -OCH3 is 1. The monoisotopic (exact) mass is 599 g/mol. The van der Waals surface area contributed by atoms with Crippen molar-refractivity contribution in [2.24, 2.45) is 4.99 Å². The fourth-order valence-corrected chi connectivity index (χ4v) is 6.73.